The number of halogens is 1. The molecule has 3 rings (SSSR count). The van der Waals surface area contributed by atoms with Crippen LogP contribution in [0.25, 0.3) is 0 Å². The molecule has 1 heterocycles. The van der Waals surface area contributed by atoms with Gasteiger partial charge in [0.05, 0.1) is 7.11 Å². The zero-order chi connectivity index (χ0) is 16.8. The number of rotatable bonds is 7. The Bertz CT molecular complexity index is 796. The van der Waals surface area contributed by atoms with E-state index < -0.39 is 0 Å². The van der Waals surface area contributed by atoms with Crippen LogP contribution >= 0.6 is 23.1 Å². The highest BCUT2D eigenvalue weighted by molar-refractivity contribution is 8.00. The molecule has 4 nitrogen and oxygen atoms in total. The molecule has 0 atom stereocenters. The van der Waals surface area contributed by atoms with Crippen molar-refractivity contribution in [2.75, 3.05) is 12.4 Å². The van der Waals surface area contributed by atoms with Crippen LogP contribution in [0.1, 0.15) is 11.1 Å². The molecule has 0 saturated carbocycles. The molecule has 0 aliphatic carbocycles. The molecule has 1 aromatic heterocycles. The van der Waals surface area contributed by atoms with E-state index in [4.69, 9.17) is 4.74 Å². The maximum absolute atomic E-state index is 13.7. The fraction of sp³-hybridized carbons (Fsp3) is 0.176. The van der Waals surface area contributed by atoms with Crippen molar-refractivity contribution in [2.24, 2.45) is 0 Å². The predicted octanol–water partition coefficient (Wildman–Crippen LogP) is 4.59. The molecule has 7 heteroatoms. The Balaban J connectivity index is 1.53. The Kier molecular flexibility index (Phi) is 5.66. The second kappa shape index (κ2) is 8.12. The second-order valence-corrected chi connectivity index (χ2v) is 7.17. The summed E-state index contributed by atoms with van der Waals surface area (Å²) in [6, 6.07) is 15.1. The topological polar surface area (TPSA) is 47.0 Å². The molecule has 1 N–H and O–H groups in total. The van der Waals surface area contributed by atoms with Gasteiger partial charge in [-0.05, 0) is 23.3 Å². The van der Waals surface area contributed by atoms with Crippen LogP contribution in [0, 0.1) is 5.82 Å². The summed E-state index contributed by atoms with van der Waals surface area (Å²) >= 11 is 3.03. The van der Waals surface area contributed by atoms with E-state index in [0.29, 0.717) is 12.3 Å². The number of hydrogen-bond acceptors (Lipinski definition) is 6. The van der Waals surface area contributed by atoms with Crippen LogP contribution in [0.2, 0.25) is 0 Å². The number of anilines is 1. The molecule has 124 valence electrons. The number of nitrogens with one attached hydrogen (secondary N) is 1. The van der Waals surface area contributed by atoms with Crippen molar-refractivity contribution in [1.82, 2.24) is 10.2 Å². The van der Waals surface area contributed by atoms with Gasteiger partial charge < -0.3 is 10.1 Å². The highest BCUT2D eigenvalue weighted by Crippen LogP contribution is 2.29. The number of aromatic nitrogens is 2. The van der Waals surface area contributed by atoms with Crippen molar-refractivity contribution in [3.8, 4) is 5.75 Å². The molecule has 0 fully saturated rings. The first-order valence-corrected chi connectivity index (χ1v) is 9.11. The number of thioether (sulfide) groups is 1. The molecular weight excluding hydrogens is 345 g/mol. The van der Waals surface area contributed by atoms with Crippen molar-refractivity contribution in [1.29, 1.82) is 0 Å². The van der Waals surface area contributed by atoms with E-state index in [9.17, 15) is 4.39 Å². The fourth-order valence-electron chi connectivity index (χ4n) is 2.06. The van der Waals surface area contributed by atoms with Gasteiger partial charge in [0.1, 0.15) is 0 Å². The van der Waals surface area contributed by atoms with Gasteiger partial charge in [-0.15, -0.1) is 10.2 Å². The number of nitrogens with zero attached hydrogens (tertiary/aromatic N) is 2. The molecular formula is C17H16FN3OS2. The molecule has 24 heavy (non-hydrogen) atoms. The molecule has 0 aliphatic heterocycles. The third-order valence-corrected chi connectivity index (χ3v) is 5.36. The van der Waals surface area contributed by atoms with Gasteiger partial charge in [-0.3, -0.25) is 0 Å². The third kappa shape index (κ3) is 4.46. The van der Waals surface area contributed by atoms with Crippen LogP contribution in [-0.4, -0.2) is 17.3 Å². The molecule has 3 aromatic rings. The molecule has 0 unspecified atom stereocenters. The van der Waals surface area contributed by atoms with E-state index in [1.165, 1.54) is 41.8 Å². The van der Waals surface area contributed by atoms with E-state index in [1.807, 2.05) is 24.3 Å². The van der Waals surface area contributed by atoms with Crippen molar-refractivity contribution in [3.05, 3.63) is 65.5 Å². The average molecular weight is 361 g/mol. The van der Waals surface area contributed by atoms with Gasteiger partial charge in [-0.25, -0.2) is 4.39 Å². The Hall–Kier alpha value is -2.12. The highest BCUT2D eigenvalue weighted by atomic mass is 32.2. The molecule has 0 spiro atoms. The van der Waals surface area contributed by atoms with Gasteiger partial charge in [-0.1, -0.05) is 59.5 Å². The number of benzene rings is 2. The largest absolute Gasteiger partial charge is 0.494 e. The van der Waals surface area contributed by atoms with Crippen LogP contribution in [0.5, 0.6) is 5.75 Å². The molecule has 0 radical (unpaired) electrons. The lowest BCUT2D eigenvalue weighted by molar-refractivity contribution is 0.386. The fourth-order valence-corrected chi connectivity index (χ4v) is 3.75. The Labute approximate surface area is 148 Å². The summed E-state index contributed by atoms with van der Waals surface area (Å²) in [5.41, 5.74) is 2.07. The van der Waals surface area contributed by atoms with Gasteiger partial charge >= 0.3 is 0 Å². The summed E-state index contributed by atoms with van der Waals surface area (Å²) in [6.07, 6.45) is 0. The first kappa shape index (κ1) is 16.7. The van der Waals surface area contributed by atoms with E-state index in [2.05, 4.69) is 27.6 Å². The van der Waals surface area contributed by atoms with Gasteiger partial charge in [-0.2, -0.15) is 0 Å². The minimum absolute atomic E-state index is 0.257. The first-order chi connectivity index (χ1) is 11.7. The Morgan fingerprint density at radius 2 is 1.96 bits per heavy atom. The number of ether oxygens (including phenoxy) is 1. The molecule has 2 aromatic carbocycles. The van der Waals surface area contributed by atoms with Crippen LogP contribution in [0.15, 0.2) is 52.9 Å². The lowest BCUT2D eigenvalue weighted by Gasteiger charge is -2.04. The number of methoxy groups -OCH3 is 1. The van der Waals surface area contributed by atoms with Crippen molar-refractivity contribution >= 4 is 28.2 Å². The normalized spacial score (nSPS) is 10.6. The summed E-state index contributed by atoms with van der Waals surface area (Å²) in [6.45, 7) is 0.712. The Morgan fingerprint density at radius 3 is 2.71 bits per heavy atom. The smallest absolute Gasteiger partial charge is 0.206 e. The highest BCUT2D eigenvalue weighted by Gasteiger charge is 2.07. The molecule has 0 bridgehead atoms. The van der Waals surface area contributed by atoms with E-state index >= 15 is 0 Å². The van der Waals surface area contributed by atoms with E-state index in [1.54, 1.807) is 6.07 Å². The van der Waals surface area contributed by atoms with Crippen molar-refractivity contribution in [2.45, 2.75) is 16.6 Å². The summed E-state index contributed by atoms with van der Waals surface area (Å²) in [7, 11) is 1.46. The lowest BCUT2D eigenvalue weighted by atomic mass is 10.2. The van der Waals surface area contributed by atoms with Crippen molar-refractivity contribution in [3.63, 3.8) is 0 Å². The summed E-state index contributed by atoms with van der Waals surface area (Å²) in [4.78, 5) is 0. The molecule has 0 saturated heterocycles. The van der Waals surface area contributed by atoms with Gasteiger partial charge in [0.2, 0.25) is 5.13 Å². The van der Waals surface area contributed by atoms with Gasteiger partial charge in [0.25, 0.3) is 0 Å². The van der Waals surface area contributed by atoms with E-state index in [0.717, 1.165) is 15.0 Å². The van der Waals surface area contributed by atoms with Crippen molar-refractivity contribution < 1.29 is 9.13 Å². The van der Waals surface area contributed by atoms with Crippen LogP contribution in [0.4, 0.5) is 9.52 Å². The minimum Gasteiger partial charge on any atom is -0.494 e. The summed E-state index contributed by atoms with van der Waals surface area (Å²) in [5.74, 6) is 0.541. The maximum Gasteiger partial charge on any atom is 0.206 e. The zero-order valence-electron chi connectivity index (χ0n) is 13.0. The second-order valence-electron chi connectivity index (χ2n) is 4.97. The van der Waals surface area contributed by atoms with E-state index in [-0.39, 0.29) is 11.6 Å². The quantitative estimate of drug-likeness (QED) is 0.624. The first-order valence-electron chi connectivity index (χ1n) is 7.31. The number of hydrogen-bond donors (Lipinski definition) is 1. The van der Waals surface area contributed by atoms with Gasteiger partial charge in [0, 0.05) is 12.3 Å². The van der Waals surface area contributed by atoms with Crippen LogP contribution in [0.3, 0.4) is 0 Å². The average Bonchev–Trinajstić information content (AvgIpc) is 3.07. The summed E-state index contributed by atoms with van der Waals surface area (Å²) in [5, 5.41) is 12.3. The third-order valence-electron chi connectivity index (χ3n) is 3.27. The SMILES string of the molecule is COc1ccc(CSc2nnc(NCc3ccccc3)s2)cc1F. The monoisotopic (exact) mass is 361 g/mol. The standard InChI is InChI=1S/C17H16FN3OS2/c1-22-15-8-7-13(9-14(15)18)11-23-17-21-20-16(24-17)19-10-12-5-3-2-4-6-12/h2-9H,10-11H2,1H3,(H,19,20). The lowest BCUT2D eigenvalue weighted by Crippen LogP contribution is -1.98. The molecule has 0 aliphatic rings. The summed E-state index contributed by atoms with van der Waals surface area (Å²) < 4.78 is 19.4. The molecule has 0 amide bonds. The van der Waals surface area contributed by atoms with Crippen LogP contribution < -0.4 is 10.1 Å². The van der Waals surface area contributed by atoms with Crippen LogP contribution in [-0.2, 0) is 12.3 Å². The maximum atomic E-state index is 13.7. The minimum atomic E-state index is -0.349. The Morgan fingerprint density at radius 1 is 1.12 bits per heavy atom. The zero-order valence-corrected chi connectivity index (χ0v) is 14.7. The predicted molar refractivity (Wildman–Crippen MR) is 96.2 cm³/mol. The van der Waals surface area contributed by atoms with Gasteiger partial charge in [0.15, 0.2) is 15.9 Å².